The van der Waals surface area contributed by atoms with Crippen LogP contribution in [0.15, 0.2) is 40.8 Å². The quantitative estimate of drug-likeness (QED) is 0.182. The number of aromatic nitrogens is 5. The highest BCUT2D eigenvalue weighted by atomic mass is 80.0. The van der Waals surface area contributed by atoms with Gasteiger partial charge in [-0.15, -0.1) is 4.52 Å². The Morgan fingerprint density at radius 1 is 0.886 bits per heavy atom. The van der Waals surface area contributed by atoms with Crippen LogP contribution >= 0.6 is 143 Å². The molecule has 0 fully saturated rings. The smallest absolute Gasteiger partial charge is 0.244 e. The SMILES string of the molecule is Cc1cc(S(=O)(=O)C(Br)(Br)Br)[n+]2[nH]cnc2n1.O=S(=O)(c1ccc(CC(Br)(Br)Br)cn1)C(Br)(Br)Br. The van der Waals surface area contributed by atoms with Crippen molar-refractivity contribution in [1.29, 1.82) is 0 Å². The Kier molecular flexibility index (Phi) is 11.5. The molecule has 3 aromatic rings. The molecule has 35 heavy (non-hydrogen) atoms. The number of pyridine rings is 1. The Morgan fingerprint density at radius 2 is 1.46 bits per heavy atom. The molecule has 0 aliphatic rings. The van der Waals surface area contributed by atoms with E-state index in [9.17, 15) is 16.8 Å². The van der Waals surface area contributed by atoms with Crippen LogP contribution in [0.25, 0.3) is 5.78 Å². The number of fused-ring (bicyclic) bond motifs is 1. The van der Waals surface area contributed by atoms with Crippen molar-refractivity contribution in [1.82, 2.24) is 20.1 Å². The minimum absolute atomic E-state index is 0.0267. The molecule has 194 valence electrons. The van der Waals surface area contributed by atoms with Gasteiger partial charge in [-0.05, 0) is 114 Å². The number of sulfone groups is 2. The number of halogens is 9. The summed E-state index contributed by atoms with van der Waals surface area (Å²) in [6.07, 6.45) is 3.49. The van der Waals surface area contributed by atoms with E-state index in [1.807, 2.05) is 0 Å². The highest BCUT2D eigenvalue weighted by molar-refractivity contribution is 9.42. The Labute approximate surface area is 276 Å². The van der Waals surface area contributed by atoms with Crippen LogP contribution in [0.4, 0.5) is 0 Å². The highest BCUT2D eigenvalue weighted by Gasteiger charge is 2.42. The monoisotopic (exact) mass is 1100 g/mol. The summed E-state index contributed by atoms with van der Waals surface area (Å²) in [5.74, 6) is 0.292. The molecule has 0 aromatic carbocycles. The number of H-pyrrole nitrogens is 1. The van der Waals surface area contributed by atoms with Crippen molar-refractivity contribution in [2.24, 2.45) is 0 Å². The molecule has 0 spiro atoms. The minimum atomic E-state index is -3.69. The van der Waals surface area contributed by atoms with E-state index in [1.165, 1.54) is 29.2 Å². The van der Waals surface area contributed by atoms with Gasteiger partial charge in [0.1, 0.15) is 7.84 Å². The standard InChI is InChI=1S/C8H5Br6NO2S.C7H5Br3N4O2S/c9-7(10,11)3-5-1-2-6(15-4-5)18(16,17)8(12,13)14;1-4-2-5(17(15,16)7(8,9)10)14-6(13-4)11-3-12-14/h1-2,4H,3H2;2-3H,1H3/p+1. The van der Waals surface area contributed by atoms with Crippen LogP contribution < -0.4 is 4.52 Å². The second-order valence-electron chi connectivity index (χ2n) is 6.45. The number of nitrogens with one attached hydrogen (secondary N) is 1. The fraction of sp³-hybridized carbons (Fsp3) is 0.333. The van der Waals surface area contributed by atoms with E-state index < -0.39 is 24.8 Å². The first-order valence-electron chi connectivity index (χ1n) is 8.54. The molecule has 0 aliphatic carbocycles. The van der Waals surface area contributed by atoms with Gasteiger partial charge in [0.15, 0.2) is 11.4 Å². The predicted molar refractivity (Wildman–Crippen MR) is 165 cm³/mol. The van der Waals surface area contributed by atoms with Gasteiger partial charge >= 0.3 is 5.78 Å². The molecule has 0 aliphatic heterocycles. The molecule has 0 saturated heterocycles. The average molecular weight is 1110 g/mol. The zero-order valence-corrected chi connectivity index (χ0v) is 32.6. The Morgan fingerprint density at radius 3 is 1.91 bits per heavy atom. The van der Waals surface area contributed by atoms with Crippen molar-refractivity contribution < 1.29 is 21.4 Å². The van der Waals surface area contributed by atoms with Crippen molar-refractivity contribution in [2.45, 2.75) is 28.5 Å². The maximum atomic E-state index is 12.3. The molecule has 0 atom stereocenters. The summed E-state index contributed by atoms with van der Waals surface area (Å²) in [6.45, 7) is 1.70. The number of hydrogen-bond donors (Lipinski definition) is 1. The fourth-order valence-electron chi connectivity index (χ4n) is 2.27. The third-order valence-corrected chi connectivity index (χ3v) is 15.1. The second-order valence-corrected chi connectivity index (χ2v) is 34.5. The number of hydrogen-bond acceptors (Lipinski definition) is 7. The summed E-state index contributed by atoms with van der Waals surface area (Å²) in [5.41, 5.74) is 1.44. The number of alkyl halides is 9. The summed E-state index contributed by atoms with van der Waals surface area (Å²) >= 11 is 28.1. The molecule has 0 saturated carbocycles. The van der Waals surface area contributed by atoms with Crippen molar-refractivity contribution in [3.8, 4) is 0 Å². The van der Waals surface area contributed by atoms with Crippen LogP contribution in [0.1, 0.15) is 11.3 Å². The minimum Gasteiger partial charge on any atom is -0.244 e. The third kappa shape index (κ3) is 8.70. The van der Waals surface area contributed by atoms with E-state index in [1.54, 1.807) is 13.0 Å². The van der Waals surface area contributed by atoms with E-state index >= 15 is 0 Å². The van der Waals surface area contributed by atoms with Gasteiger partial charge in [-0.3, -0.25) is 0 Å². The van der Waals surface area contributed by atoms with Gasteiger partial charge in [0.2, 0.25) is 27.7 Å². The first kappa shape index (κ1) is 33.1. The number of aryl methyl sites for hydroxylation is 1. The highest BCUT2D eigenvalue weighted by Crippen LogP contribution is 2.43. The molecule has 20 heteroatoms. The van der Waals surface area contributed by atoms with E-state index in [4.69, 9.17) is 0 Å². The van der Waals surface area contributed by atoms with Crippen LogP contribution in [-0.4, -0.2) is 42.0 Å². The largest absolute Gasteiger partial charge is 0.458 e. The summed E-state index contributed by atoms with van der Waals surface area (Å²) in [6, 6.07) is 4.62. The molecule has 1 N–H and O–H groups in total. The van der Waals surface area contributed by atoms with E-state index in [0.717, 1.165) is 5.56 Å². The molecule has 0 radical (unpaired) electrons. The lowest BCUT2D eigenvalue weighted by atomic mass is 10.2. The zero-order chi connectivity index (χ0) is 27.0. The van der Waals surface area contributed by atoms with Gasteiger partial charge in [0, 0.05) is 18.7 Å². The van der Waals surface area contributed by atoms with Crippen LogP contribution in [0, 0.1) is 6.92 Å². The van der Waals surface area contributed by atoms with Gasteiger partial charge < -0.3 is 0 Å². The van der Waals surface area contributed by atoms with Crippen LogP contribution in [0.3, 0.4) is 0 Å². The lowest BCUT2D eigenvalue weighted by molar-refractivity contribution is -0.621. The maximum Gasteiger partial charge on any atom is 0.458 e. The van der Waals surface area contributed by atoms with Gasteiger partial charge in [-0.1, -0.05) is 63.8 Å². The van der Waals surface area contributed by atoms with E-state index in [0.29, 0.717) is 17.9 Å². The topological polar surface area (TPSA) is 127 Å². The molecule has 0 amide bonds. The van der Waals surface area contributed by atoms with Gasteiger partial charge in [-0.2, -0.15) is 0 Å². The summed E-state index contributed by atoms with van der Waals surface area (Å²) in [4.78, 5) is 12.0. The molecule has 3 aromatic heterocycles. The second kappa shape index (κ2) is 12.2. The Hall–Kier alpha value is 1.92. The summed E-state index contributed by atoms with van der Waals surface area (Å²) in [7, 11) is -7.33. The van der Waals surface area contributed by atoms with Crippen molar-refractivity contribution in [3.05, 3.63) is 42.0 Å². The number of nitrogens with zero attached hydrogens (tertiary/aromatic N) is 4. The average Bonchev–Trinajstić information content (AvgIpc) is 3.13. The first-order chi connectivity index (χ1) is 15.7. The molecule has 0 unspecified atom stereocenters. The lowest BCUT2D eigenvalue weighted by Crippen LogP contribution is -2.36. The van der Waals surface area contributed by atoms with Crippen LogP contribution in [0.2, 0.25) is 0 Å². The zero-order valence-electron chi connectivity index (χ0n) is 16.7. The van der Waals surface area contributed by atoms with Gasteiger partial charge in [0.25, 0.3) is 0 Å². The normalized spacial score (nSPS) is 13.4. The Balaban J connectivity index is 0.000000247. The Bertz CT molecular complexity index is 1410. The molecule has 3 rings (SSSR count). The van der Waals surface area contributed by atoms with E-state index in [-0.39, 0.29) is 10.1 Å². The molecule has 3 heterocycles. The molecular formula is C15H11Br9N5O4S2+. The number of aromatic amines is 1. The van der Waals surface area contributed by atoms with Crippen LogP contribution in [-0.2, 0) is 26.1 Å². The van der Waals surface area contributed by atoms with Crippen molar-refractivity contribution in [3.63, 3.8) is 0 Å². The molecular weight excluding hydrogens is 1100 g/mol. The van der Waals surface area contributed by atoms with Gasteiger partial charge in [0.05, 0.1) is 0 Å². The van der Waals surface area contributed by atoms with Gasteiger partial charge in [-0.25, -0.2) is 26.9 Å². The molecule has 0 bridgehead atoms. The maximum absolute atomic E-state index is 12.3. The first-order valence-corrected chi connectivity index (χ1v) is 18.6. The van der Waals surface area contributed by atoms with E-state index in [2.05, 4.69) is 163 Å². The number of rotatable bonds is 3. The summed E-state index contributed by atoms with van der Waals surface area (Å²) in [5, 5.41) is 2.71. The van der Waals surface area contributed by atoms with Crippen molar-refractivity contribution >= 4 is 169 Å². The third-order valence-electron chi connectivity index (χ3n) is 3.76. The van der Waals surface area contributed by atoms with Crippen molar-refractivity contribution in [2.75, 3.05) is 0 Å². The fourth-order valence-corrected chi connectivity index (χ4v) is 7.84. The summed E-state index contributed by atoms with van der Waals surface area (Å²) < 4.78 is 46.6. The molecule has 9 nitrogen and oxygen atoms in total. The lowest BCUT2D eigenvalue weighted by Gasteiger charge is -2.14. The van der Waals surface area contributed by atoms with Crippen LogP contribution in [0.5, 0.6) is 0 Å². The predicted octanol–water partition coefficient (Wildman–Crippen LogP) is 6.45.